The van der Waals surface area contributed by atoms with Crippen LogP contribution in [0.4, 0.5) is 17.6 Å². The van der Waals surface area contributed by atoms with E-state index in [1.165, 1.54) is 23.9 Å². The second-order valence-corrected chi connectivity index (χ2v) is 7.57. The fraction of sp³-hybridized carbons (Fsp3) is 0.318. The van der Waals surface area contributed by atoms with E-state index in [0.29, 0.717) is 29.3 Å². The molecule has 1 aromatic carbocycles. The van der Waals surface area contributed by atoms with Gasteiger partial charge in [-0.3, -0.25) is 9.08 Å². The maximum absolute atomic E-state index is 14.0. The SMILES string of the molecule is CNCc1nnc2ccc(-c3ccc(F)cc3OCCc3c(C(F)(F)F)nn(C)c3C)cn12. The Kier molecular flexibility index (Phi) is 6.07. The molecule has 0 saturated heterocycles. The molecule has 0 aliphatic rings. The van der Waals surface area contributed by atoms with Crippen LogP contribution < -0.4 is 10.1 Å². The fourth-order valence-electron chi connectivity index (χ4n) is 3.67. The van der Waals surface area contributed by atoms with Crippen LogP contribution in [-0.4, -0.2) is 38.0 Å². The highest BCUT2D eigenvalue weighted by atomic mass is 19.4. The second kappa shape index (κ2) is 8.81. The number of nitrogens with one attached hydrogen (secondary N) is 1. The number of hydrogen-bond donors (Lipinski definition) is 1. The van der Waals surface area contributed by atoms with Crippen LogP contribution in [0.15, 0.2) is 36.5 Å². The minimum Gasteiger partial charge on any atom is -0.492 e. The molecule has 0 saturated carbocycles. The van der Waals surface area contributed by atoms with E-state index in [1.807, 2.05) is 10.6 Å². The van der Waals surface area contributed by atoms with Gasteiger partial charge in [0.1, 0.15) is 11.6 Å². The molecule has 0 aliphatic carbocycles. The van der Waals surface area contributed by atoms with E-state index < -0.39 is 17.7 Å². The molecule has 4 aromatic rings. The highest BCUT2D eigenvalue weighted by molar-refractivity contribution is 5.71. The number of nitrogens with zero attached hydrogens (tertiary/aromatic N) is 5. The third-order valence-electron chi connectivity index (χ3n) is 5.40. The zero-order chi connectivity index (χ0) is 23.8. The Hall–Kier alpha value is -3.47. The van der Waals surface area contributed by atoms with Crippen molar-refractivity contribution in [2.75, 3.05) is 13.7 Å². The summed E-state index contributed by atoms with van der Waals surface area (Å²) < 4.78 is 62.8. The van der Waals surface area contributed by atoms with E-state index in [1.54, 1.807) is 32.2 Å². The Labute approximate surface area is 187 Å². The van der Waals surface area contributed by atoms with Crippen molar-refractivity contribution in [2.45, 2.75) is 26.1 Å². The summed E-state index contributed by atoms with van der Waals surface area (Å²) in [6.45, 7) is 2.00. The van der Waals surface area contributed by atoms with Gasteiger partial charge >= 0.3 is 6.18 Å². The van der Waals surface area contributed by atoms with Crippen molar-refractivity contribution >= 4 is 5.65 Å². The summed E-state index contributed by atoms with van der Waals surface area (Å²) >= 11 is 0. The van der Waals surface area contributed by atoms with Gasteiger partial charge in [-0.1, -0.05) is 0 Å². The molecule has 1 N–H and O–H groups in total. The van der Waals surface area contributed by atoms with Crippen molar-refractivity contribution in [3.63, 3.8) is 0 Å². The number of rotatable bonds is 7. The molecular weight excluding hydrogens is 440 g/mol. The number of pyridine rings is 1. The normalized spacial score (nSPS) is 12.0. The first kappa shape index (κ1) is 22.7. The molecule has 0 atom stereocenters. The number of halogens is 4. The van der Waals surface area contributed by atoms with E-state index in [0.717, 1.165) is 5.56 Å². The van der Waals surface area contributed by atoms with Gasteiger partial charge in [0.2, 0.25) is 0 Å². The second-order valence-electron chi connectivity index (χ2n) is 7.57. The van der Waals surface area contributed by atoms with E-state index in [4.69, 9.17) is 4.74 Å². The van der Waals surface area contributed by atoms with Gasteiger partial charge in [-0.15, -0.1) is 10.2 Å². The van der Waals surface area contributed by atoms with E-state index in [9.17, 15) is 17.6 Å². The zero-order valence-electron chi connectivity index (χ0n) is 18.2. The predicted octanol–water partition coefficient (Wildman–Crippen LogP) is 3.94. The predicted molar refractivity (Wildman–Crippen MR) is 113 cm³/mol. The molecule has 0 fully saturated rings. The number of benzene rings is 1. The molecule has 0 bridgehead atoms. The first-order valence-corrected chi connectivity index (χ1v) is 10.2. The number of aromatic nitrogens is 5. The van der Waals surface area contributed by atoms with Gasteiger partial charge in [-0.25, -0.2) is 4.39 Å². The monoisotopic (exact) mass is 462 g/mol. The van der Waals surface area contributed by atoms with Crippen LogP contribution in [0.2, 0.25) is 0 Å². The van der Waals surface area contributed by atoms with E-state index >= 15 is 0 Å². The van der Waals surface area contributed by atoms with Gasteiger partial charge in [0.05, 0.1) is 13.2 Å². The third kappa shape index (κ3) is 4.54. The van der Waals surface area contributed by atoms with Crippen LogP contribution in [0.5, 0.6) is 5.75 Å². The summed E-state index contributed by atoms with van der Waals surface area (Å²) in [6, 6.07) is 7.69. The van der Waals surface area contributed by atoms with Crippen molar-refractivity contribution in [1.29, 1.82) is 0 Å². The van der Waals surface area contributed by atoms with Gasteiger partial charge in [-0.05, 0) is 38.2 Å². The molecule has 0 unspecified atom stereocenters. The maximum atomic E-state index is 14.0. The van der Waals surface area contributed by atoms with Crippen LogP contribution in [0, 0.1) is 12.7 Å². The van der Waals surface area contributed by atoms with Crippen LogP contribution in [0.3, 0.4) is 0 Å². The lowest BCUT2D eigenvalue weighted by Gasteiger charge is -2.13. The molecule has 11 heteroatoms. The van der Waals surface area contributed by atoms with Crippen molar-refractivity contribution in [3.05, 3.63) is 65.1 Å². The average molecular weight is 462 g/mol. The lowest BCUT2D eigenvalue weighted by Crippen LogP contribution is -2.12. The highest BCUT2D eigenvalue weighted by Gasteiger charge is 2.37. The molecule has 7 nitrogen and oxygen atoms in total. The van der Waals surface area contributed by atoms with Crippen molar-refractivity contribution in [1.82, 2.24) is 29.7 Å². The Morgan fingerprint density at radius 2 is 1.91 bits per heavy atom. The molecule has 3 aromatic heterocycles. The zero-order valence-corrected chi connectivity index (χ0v) is 18.2. The summed E-state index contributed by atoms with van der Waals surface area (Å²) in [5.41, 5.74) is 1.51. The summed E-state index contributed by atoms with van der Waals surface area (Å²) in [6.07, 6.45) is -2.78. The molecule has 33 heavy (non-hydrogen) atoms. The molecule has 3 heterocycles. The number of fused-ring (bicyclic) bond motifs is 1. The van der Waals surface area contributed by atoms with Crippen LogP contribution >= 0.6 is 0 Å². The highest BCUT2D eigenvalue weighted by Crippen LogP contribution is 2.34. The lowest BCUT2D eigenvalue weighted by molar-refractivity contribution is -0.142. The Morgan fingerprint density at radius 3 is 2.64 bits per heavy atom. The molecule has 174 valence electrons. The van der Waals surface area contributed by atoms with Gasteiger partial charge in [-0.2, -0.15) is 18.3 Å². The largest absolute Gasteiger partial charge is 0.492 e. The van der Waals surface area contributed by atoms with Gasteiger partial charge in [0.25, 0.3) is 0 Å². The summed E-state index contributed by atoms with van der Waals surface area (Å²) in [4.78, 5) is 0. The number of hydrogen-bond acceptors (Lipinski definition) is 5. The summed E-state index contributed by atoms with van der Waals surface area (Å²) in [7, 11) is 3.26. The van der Waals surface area contributed by atoms with Crippen molar-refractivity contribution in [3.8, 4) is 16.9 Å². The maximum Gasteiger partial charge on any atom is 0.435 e. The Morgan fingerprint density at radius 1 is 1.12 bits per heavy atom. The third-order valence-corrected chi connectivity index (χ3v) is 5.40. The molecular formula is C22H22F4N6O. The molecule has 0 aliphatic heterocycles. The standard InChI is InChI=1S/C22H22F4N6O/c1-13-16(21(22(24,25)26)30-31(13)3)8-9-33-18-10-15(23)5-6-17(18)14-4-7-19-28-29-20(11-27-2)32(19)12-14/h4-7,10,12,27H,8-9,11H2,1-3H3. The van der Waals surface area contributed by atoms with Crippen LogP contribution in [-0.2, 0) is 26.2 Å². The minimum atomic E-state index is -4.56. The van der Waals surface area contributed by atoms with Gasteiger partial charge in [0.15, 0.2) is 17.2 Å². The van der Waals surface area contributed by atoms with Crippen molar-refractivity contribution in [2.24, 2.45) is 7.05 Å². The smallest absolute Gasteiger partial charge is 0.435 e. The van der Waals surface area contributed by atoms with E-state index in [-0.39, 0.29) is 24.3 Å². The van der Waals surface area contributed by atoms with E-state index in [2.05, 4.69) is 20.6 Å². The van der Waals surface area contributed by atoms with Gasteiger partial charge < -0.3 is 10.1 Å². The quantitative estimate of drug-likeness (QED) is 0.422. The fourth-order valence-corrected chi connectivity index (χ4v) is 3.67. The molecule has 0 spiro atoms. The summed E-state index contributed by atoms with van der Waals surface area (Å²) in [5.74, 6) is 0.418. The lowest BCUT2D eigenvalue weighted by atomic mass is 10.1. The first-order chi connectivity index (χ1) is 15.7. The average Bonchev–Trinajstić information content (AvgIpc) is 3.29. The topological polar surface area (TPSA) is 69.3 Å². The molecule has 4 rings (SSSR count). The van der Waals surface area contributed by atoms with Crippen molar-refractivity contribution < 1.29 is 22.3 Å². The summed E-state index contributed by atoms with van der Waals surface area (Å²) in [5, 5.41) is 14.9. The number of ether oxygens (including phenoxy) is 1. The number of alkyl halides is 3. The molecule has 0 radical (unpaired) electrons. The molecule has 0 amide bonds. The van der Waals surface area contributed by atoms with Gasteiger partial charge in [0, 0.05) is 48.1 Å². The minimum absolute atomic E-state index is 0.0265. The Balaban J connectivity index is 1.62. The Bertz CT molecular complexity index is 1290. The number of aryl methyl sites for hydroxylation is 1. The van der Waals surface area contributed by atoms with Crippen LogP contribution in [0.25, 0.3) is 16.8 Å². The van der Waals surface area contributed by atoms with Crippen LogP contribution in [0.1, 0.15) is 22.8 Å². The first-order valence-electron chi connectivity index (χ1n) is 10.2.